The zero-order chi connectivity index (χ0) is 23.7. The van der Waals surface area contributed by atoms with Crippen molar-refractivity contribution >= 4 is 11.8 Å². The standard InChI is InChI=1S/C24H27F3N2O4/c25-24(26,27)17-33-21-10-4-6-18(14-21)15-28-23(31)19-7-5-12-29(16-19)22(30)11-13-32-20-8-2-1-3-9-20/h1-4,6,8-10,14,19H,5,7,11-13,15-17H2,(H,28,31). The summed E-state index contributed by atoms with van der Waals surface area (Å²) >= 11 is 0. The second kappa shape index (κ2) is 11.6. The molecule has 2 aromatic rings. The molecular formula is C24H27F3N2O4. The fraction of sp³-hybridized carbons (Fsp3) is 0.417. The highest BCUT2D eigenvalue weighted by atomic mass is 19.4. The molecule has 1 N–H and O–H groups in total. The number of para-hydroxylation sites is 1. The SMILES string of the molecule is O=C(NCc1cccc(OCC(F)(F)F)c1)C1CCCN(C(=O)CCOc2ccccc2)C1. The van der Waals surface area contributed by atoms with Crippen LogP contribution in [0, 0.1) is 5.92 Å². The van der Waals surface area contributed by atoms with Crippen molar-refractivity contribution in [3.8, 4) is 11.5 Å². The number of likely N-dealkylation sites (tertiary alicyclic amines) is 1. The summed E-state index contributed by atoms with van der Waals surface area (Å²) in [4.78, 5) is 26.8. The molecular weight excluding hydrogens is 437 g/mol. The Morgan fingerprint density at radius 2 is 1.79 bits per heavy atom. The van der Waals surface area contributed by atoms with E-state index in [-0.39, 0.29) is 43.1 Å². The molecule has 33 heavy (non-hydrogen) atoms. The third-order valence-electron chi connectivity index (χ3n) is 5.24. The molecule has 0 bridgehead atoms. The molecule has 1 heterocycles. The Morgan fingerprint density at radius 1 is 1.03 bits per heavy atom. The van der Waals surface area contributed by atoms with Crippen LogP contribution in [0.25, 0.3) is 0 Å². The quantitative estimate of drug-likeness (QED) is 0.610. The van der Waals surface area contributed by atoms with Crippen molar-refractivity contribution < 1.29 is 32.2 Å². The molecule has 3 rings (SSSR count). The lowest BCUT2D eigenvalue weighted by Crippen LogP contribution is -2.45. The average Bonchev–Trinajstić information content (AvgIpc) is 2.82. The smallest absolute Gasteiger partial charge is 0.422 e. The van der Waals surface area contributed by atoms with Gasteiger partial charge >= 0.3 is 6.18 Å². The highest BCUT2D eigenvalue weighted by molar-refractivity contribution is 5.81. The molecule has 9 heteroatoms. The predicted molar refractivity (Wildman–Crippen MR) is 116 cm³/mol. The molecule has 178 valence electrons. The normalized spacial score (nSPS) is 16.2. The number of carbonyl (C=O) groups excluding carboxylic acids is 2. The van der Waals surface area contributed by atoms with Gasteiger partial charge in [-0.05, 0) is 42.7 Å². The van der Waals surface area contributed by atoms with Crippen LogP contribution in [0.4, 0.5) is 13.2 Å². The highest BCUT2D eigenvalue weighted by Gasteiger charge is 2.29. The lowest BCUT2D eigenvalue weighted by molar-refractivity contribution is -0.153. The maximum atomic E-state index is 12.6. The van der Waals surface area contributed by atoms with Crippen LogP contribution in [0.1, 0.15) is 24.8 Å². The lowest BCUT2D eigenvalue weighted by Gasteiger charge is -2.32. The summed E-state index contributed by atoms with van der Waals surface area (Å²) in [6.45, 7) is 0.00277. The number of rotatable bonds is 9. The number of carbonyl (C=O) groups is 2. The number of hydrogen-bond donors (Lipinski definition) is 1. The molecule has 2 aromatic carbocycles. The van der Waals surface area contributed by atoms with Crippen molar-refractivity contribution in [3.63, 3.8) is 0 Å². The van der Waals surface area contributed by atoms with E-state index in [1.165, 1.54) is 12.1 Å². The Balaban J connectivity index is 1.43. The van der Waals surface area contributed by atoms with E-state index >= 15 is 0 Å². The third-order valence-corrected chi connectivity index (χ3v) is 5.24. The molecule has 1 unspecified atom stereocenters. The number of alkyl halides is 3. The van der Waals surface area contributed by atoms with Gasteiger partial charge in [0.1, 0.15) is 11.5 Å². The summed E-state index contributed by atoms with van der Waals surface area (Å²) in [5, 5.41) is 2.81. The van der Waals surface area contributed by atoms with Crippen LogP contribution in [0.5, 0.6) is 11.5 Å². The van der Waals surface area contributed by atoms with E-state index in [1.54, 1.807) is 17.0 Å². The van der Waals surface area contributed by atoms with Gasteiger partial charge in [-0.1, -0.05) is 30.3 Å². The van der Waals surface area contributed by atoms with Gasteiger partial charge in [0, 0.05) is 19.6 Å². The summed E-state index contributed by atoms with van der Waals surface area (Å²) < 4.78 is 47.3. The first-order valence-corrected chi connectivity index (χ1v) is 10.8. The molecule has 1 atom stereocenters. The van der Waals surface area contributed by atoms with Crippen LogP contribution in [-0.4, -0.2) is 49.2 Å². The molecule has 6 nitrogen and oxygen atoms in total. The molecule has 1 fully saturated rings. The van der Waals surface area contributed by atoms with Crippen LogP contribution >= 0.6 is 0 Å². The topological polar surface area (TPSA) is 67.9 Å². The molecule has 0 saturated carbocycles. The van der Waals surface area contributed by atoms with Crippen LogP contribution in [-0.2, 0) is 16.1 Å². The Labute approximate surface area is 190 Å². The lowest BCUT2D eigenvalue weighted by atomic mass is 9.96. The second-order valence-electron chi connectivity index (χ2n) is 7.86. The first kappa shape index (κ1) is 24.4. The maximum absolute atomic E-state index is 12.6. The number of ether oxygens (including phenoxy) is 2. The number of piperidine rings is 1. The van der Waals surface area contributed by atoms with E-state index < -0.39 is 12.8 Å². The summed E-state index contributed by atoms with van der Waals surface area (Å²) in [5.74, 6) is 0.218. The van der Waals surface area contributed by atoms with E-state index in [9.17, 15) is 22.8 Å². The minimum Gasteiger partial charge on any atom is -0.493 e. The summed E-state index contributed by atoms with van der Waals surface area (Å²) in [6.07, 6.45) is -2.79. The first-order chi connectivity index (χ1) is 15.8. The summed E-state index contributed by atoms with van der Waals surface area (Å²) in [6, 6.07) is 15.4. The van der Waals surface area contributed by atoms with Crippen LogP contribution < -0.4 is 14.8 Å². The van der Waals surface area contributed by atoms with Crippen molar-refractivity contribution in [1.29, 1.82) is 0 Å². The van der Waals surface area contributed by atoms with Crippen molar-refractivity contribution in [2.45, 2.75) is 32.0 Å². The van der Waals surface area contributed by atoms with Gasteiger partial charge in [0.15, 0.2) is 6.61 Å². The van der Waals surface area contributed by atoms with Gasteiger partial charge in [-0.2, -0.15) is 13.2 Å². The average molecular weight is 464 g/mol. The van der Waals surface area contributed by atoms with Gasteiger partial charge in [0.25, 0.3) is 0 Å². The number of nitrogens with one attached hydrogen (secondary N) is 1. The largest absolute Gasteiger partial charge is 0.493 e. The van der Waals surface area contributed by atoms with Gasteiger partial charge in [0.2, 0.25) is 11.8 Å². The number of nitrogens with zero attached hydrogens (tertiary/aromatic N) is 1. The van der Waals surface area contributed by atoms with Crippen molar-refractivity contribution in [2.75, 3.05) is 26.3 Å². The highest BCUT2D eigenvalue weighted by Crippen LogP contribution is 2.21. The number of halogens is 3. The zero-order valence-electron chi connectivity index (χ0n) is 18.1. The number of amides is 2. The summed E-state index contributed by atoms with van der Waals surface area (Å²) in [7, 11) is 0. The molecule has 1 aliphatic heterocycles. The van der Waals surface area contributed by atoms with Crippen molar-refractivity contribution in [2.24, 2.45) is 5.92 Å². The molecule has 0 spiro atoms. The third kappa shape index (κ3) is 8.32. The predicted octanol–water partition coefficient (Wildman–Crippen LogP) is 3.95. The molecule has 2 amide bonds. The van der Waals surface area contributed by atoms with Gasteiger partial charge in [0.05, 0.1) is 18.9 Å². The minimum atomic E-state index is -4.41. The van der Waals surface area contributed by atoms with Gasteiger partial charge in [-0.15, -0.1) is 0 Å². The van der Waals surface area contributed by atoms with Crippen LogP contribution in [0.3, 0.4) is 0 Å². The van der Waals surface area contributed by atoms with Crippen molar-refractivity contribution in [1.82, 2.24) is 10.2 Å². The fourth-order valence-electron chi connectivity index (χ4n) is 3.59. The first-order valence-electron chi connectivity index (χ1n) is 10.8. The van der Waals surface area contributed by atoms with Gasteiger partial charge in [-0.25, -0.2) is 0 Å². The molecule has 1 saturated heterocycles. The monoisotopic (exact) mass is 464 g/mol. The molecule has 1 aliphatic rings. The maximum Gasteiger partial charge on any atom is 0.422 e. The Morgan fingerprint density at radius 3 is 2.55 bits per heavy atom. The van der Waals surface area contributed by atoms with Gasteiger partial charge < -0.3 is 19.7 Å². The van der Waals surface area contributed by atoms with E-state index in [1.807, 2.05) is 30.3 Å². The molecule has 0 aliphatic carbocycles. The zero-order valence-corrected chi connectivity index (χ0v) is 18.1. The second-order valence-corrected chi connectivity index (χ2v) is 7.86. The van der Waals surface area contributed by atoms with Crippen LogP contribution in [0.15, 0.2) is 54.6 Å². The summed E-state index contributed by atoms with van der Waals surface area (Å²) in [5.41, 5.74) is 0.629. The molecule has 0 aromatic heterocycles. The number of benzene rings is 2. The van der Waals surface area contributed by atoms with E-state index in [0.29, 0.717) is 30.8 Å². The fourth-order valence-corrected chi connectivity index (χ4v) is 3.59. The minimum absolute atomic E-state index is 0.0575. The Kier molecular flexibility index (Phi) is 8.57. The Hall–Kier alpha value is -3.23. The number of hydrogen-bond acceptors (Lipinski definition) is 4. The van der Waals surface area contributed by atoms with Gasteiger partial charge in [-0.3, -0.25) is 9.59 Å². The van der Waals surface area contributed by atoms with E-state index in [2.05, 4.69) is 5.32 Å². The van der Waals surface area contributed by atoms with E-state index in [0.717, 1.165) is 6.42 Å². The molecule has 0 radical (unpaired) electrons. The van der Waals surface area contributed by atoms with Crippen molar-refractivity contribution in [3.05, 3.63) is 60.2 Å². The van der Waals surface area contributed by atoms with Crippen LogP contribution in [0.2, 0.25) is 0 Å². The Bertz CT molecular complexity index is 921. The van der Waals surface area contributed by atoms with E-state index in [4.69, 9.17) is 9.47 Å².